The predicted octanol–water partition coefficient (Wildman–Crippen LogP) is 2.54. The molecule has 0 bridgehead atoms. The van der Waals surface area contributed by atoms with Crippen LogP contribution in [0.1, 0.15) is 72.5 Å². The van der Waals surface area contributed by atoms with E-state index in [1.807, 2.05) is 25.1 Å². The van der Waals surface area contributed by atoms with Crippen molar-refractivity contribution in [3.05, 3.63) is 53.6 Å². The molecule has 1 fully saturated rings. The van der Waals surface area contributed by atoms with E-state index in [0.29, 0.717) is 13.1 Å². The number of rotatable bonds is 8. The van der Waals surface area contributed by atoms with Crippen molar-refractivity contribution in [1.29, 1.82) is 0 Å². The number of carbonyl (C=O) groups is 3. The van der Waals surface area contributed by atoms with Crippen molar-refractivity contribution in [1.82, 2.24) is 25.1 Å². The number of hydrogen-bond acceptors (Lipinski definition) is 4. The molecule has 2 aromatic rings. The van der Waals surface area contributed by atoms with E-state index in [-0.39, 0.29) is 41.7 Å². The Bertz CT molecular complexity index is 1010. The van der Waals surface area contributed by atoms with Gasteiger partial charge in [0.05, 0.1) is 12.9 Å². The van der Waals surface area contributed by atoms with Gasteiger partial charge in [0.2, 0.25) is 5.91 Å². The Morgan fingerprint density at radius 2 is 1.91 bits per heavy atom. The summed E-state index contributed by atoms with van der Waals surface area (Å²) >= 11 is 0. The first-order valence-electron chi connectivity index (χ1n) is 11.9. The Hall–Kier alpha value is -3.16. The van der Waals surface area contributed by atoms with E-state index in [4.69, 9.17) is 0 Å². The number of hydrogen-bond donors (Lipinski definition) is 2. The second kappa shape index (κ2) is 9.77. The van der Waals surface area contributed by atoms with Crippen LogP contribution < -0.4 is 10.6 Å². The molecule has 8 heteroatoms. The van der Waals surface area contributed by atoms with Crippen LogP contribution in [0.4, 0.5) is 0 Å². The summed E-state index contributed by atoms with van der Waals surface area (Å²) in [6.07, 6.45) is 7.35. The van der Waals surface area contributed by atoms with Gasteiger partial charge < -0.3 is 20.1 Å². The van der Waals surface area contributed by atoms with Gasteiger partial charge >= 0.3 is 0 Å². The summed E-state index contributed by atoms with van der Waals surface area (Å²) in [6, 6.07) is 10.3. The number of nitrogens with one attached hydrogen (secondary N) is 2. The summed E-state index contributed by atoms with van der Waals surface area (Å²) in [6.45, 7) is 4.79. The van der Waals surface area contributed by atoms with Crippen LogP contribution in [0.5, 0.6) is 0 Å². The van der Waals surface area contributed by atoms with Crippen LogP contribution in [-0.2, 0) is 17.8 Å². The Kier molecular flexibility index (Phi) is 6.81. The van der Waals surface area contributed by atoms with Crippen molar-refractivity contribution in [3.63, 3.8) is 0 Å². The van der Waals surface area contributed by atoms with E-state index in [1.165, 1.54) is 11.9 Å². The zero-order valence-electron chi connectivity index (χ0n) is 19.5. The number of aryl methyl sites for hydroxylation is 1. The van der Waals surface area contributed by atoms with Crippen molar-refractivity contribution < 1.29 is 14.4 Å². The third-order valence-corrected chi connectivity index (χ3v) is 6.84. The lowest BCUT2D eigenvalue weighted by Crippen LogP contribution is -2.64. The molecule has 33 heavy (non-hydrogen) atoms. The maximum atomic E-state index is 13.4. The molecule has 1 aliphatic carbocycles. The van der Waals surface area contributed by atoms with E-state index >= 15 is 0 Å². The van der Waals surface area contributed by atoms with E-state index in [9.17, 15) is 14.4 Å². The van der Waals surface area contributed by atoms with Gasteiger partial charge in [0, 0.05) is 19.1 Å². The number of aromatic nitrogens is 2. The second-order valence-corrected chi connectivity index (χ2v) is 9.19. The lowest BCUT2D eigenvalue weighted by molar-refractivity contribution is -0.133. The largest absolute Gasteiger partial charge is 0.351 e. The standard InChI is InChI=1S/C25H33N5O3/c1-3-30-23(32)21-20(22(31)26-15-9-12-18-10-5-4-6-11-18)27-17-29(21)16-25(30,2)24(33)28-19-13-7-8-14-19/h4-6,10-11,17,19H,3,7-9,12-16H2,1-2H3,(H,26,31)(H,28,33)/t25-/m0/s1. The fourth-order valence-corrected chi connectivity index (χ4v) is 4.98. The molecule has 1 atom stereocenters. The van der Waals surface area contributed by atoms with Gasteiger partial charge in [0.15, 0.2) is 5.69 Å². The third-order valence-electron chi connectivity index (χ3n) is 6.84. The topological polar surface area (TPSA) is 96.3 Å². The first-order chi connectivity index (χ1) is 15.9. The lowest BCUT2D eigenvalue weighted by atomic mass is 9.94. The van der Waals surface area contributed by atoms with E-state index in [0.717, 1.165) is 38.5 Å². The van der Waals surface area contributed by atoms with E-state index < -0.39 is 5.54 Å². The summed E-state index contributed by atoms with van der Waals surface area (Å²) in [5.74, 6) is -0.837. The van der Waals surface area contributed by atoms with Crippen LogP contribution in [0.3, 0.4) is 0 Å². The highest BCUT2D eigenvalue weighted by molar-refractivity contribution is 6.07. The molecule has 3 amide bonds. The maximum Gasteiger partial charge on any atom is 0.273 e. The van der Waals surface area contributed by atoms with Crippen LogP contribution in [0.25, 0.3) is 0 Å². The van der Waals surface area contributed by atoms with Crippen molar-refractivity contribution >= 4 is 17.7 Å². The predicted molar refractivity (Wildman–Crippen MR) is 125 cm³/mol. The molecule has 1 aliphatic heterocycles. The molecule has 176 valence electrons. The fourth-order valence-electron chi connectivity index (χ4n) is 4.98. The molecule has 2 N–H and O–H groups in total. The van der Waals surface area contributed by atoms with Crippen molar-refractivity contribution in [3.8, 4) is 0 Å². The molecule has 4 rings (SSSR count). The highest BCUT2D eigenvalue weighted by atomic mass is 16.2. The third kappa shape index (κ3) is 4.65. The van der Waals surface area contributed by atoms with Gasteiger partial charge in [-0.05, 0) is 45.1 Å². The fraction of sp³-hybridized carbons (Fsp3) is 0.520. The van der Waals surface area contributed by atoms with Gasteiger partial charge in [-0.1, -0.05) is 43.2 Å². The molecule has 1 aromatic heterocycles. The normalized spacial score (nSPS) is 20.5. The van der Waals surface area contributed by atoms with Gasteiger partial charge in [0.25, 0.3) is 11.8 Å². The first-order valence-corrected chi connectivity index (χ1v) is 11.9. The number of benzene rings is 1. The summed E-state index contributed by atoms with van der Waals surface area (Å²) in [7, 11) is 0. The van der Waals surface area contributed by atoms with Crippen molar-refractivity contribution in [2.24, 2.45) is 0 Å². The average molecular weight is 452 g/mol. The van der Waals surface area contributed by atoms with Gasteiger partial charge in [-0.15, -0.1) is 0 Å². The molecule has 8 nitrogen and oxygen atoms in total. The average Bonchev–Trinajstić information content (AvgIpc) is 3.47. The van der Waals surface area contributed by atoms with Gasteiger partial charge in [-0.2, -0.15) is 0 Å². The highest BCUT2D eigenvalue weighted by Gasteiger charge is 2.48. The Morgan fingerprint density at radius 3 is 2.61 bits per heavy atom. The molecule has 2 aliphatic rings. The zero-order chi connectivity index (χ0) is 23.4. The maximum absolute atomic E-state index is 13.4. The number of carbonyl (C=O) groups excluding carboxylic acids is 3. The molecular weight excluding hydrogens is 418 g/mol. The minimum atomic E-state index is -1.02. The quantitative estimate of drug-likeness (QED) is 0.603. The summed E-state index contributed by atoms with van der Waals surface area (Å²) in [5, 5.41) is 6.02. The highest BCUT2D eigenvalue weighted by Crippen LogP contribution is 2.29. The minimum absolute atomic E-state index is 0.122. The number of likely N-dealkylation sites (N-methyl/N-ethyl adjacent to an activating group) is 1. The molecule has 1 saturated carbocycles. The number of nitrogens with zero attached hydrogens (tertiary/aromatic N) is 3. The number of amides is 3. The summed E-state index contributed by atoms with van der Waals surface area (Å²) in [5.41, 5.74) is 0.570. The second-order valence-electron chi connectivity index (χ2n) is 9.19. The smallest absolute Gasteiger partial charge is 0.273 e. The molecular formula is C25H33N5O3. The molecule has 0 spiro atoms. The van der Waals surface area contributed by atoms with Crippen LogP contribution in [0.15, 0.2) is 36.7 Å². The summed E-state index contributed by atoms with van der Waals surface area (Å²) < 4.78 is 1.65. The SMILES string of the molecule is CCN1C(=O)c2c(C(=O)NCCCc3ccccc3)ncn2C[C@@]1(C)C(=O)NC1CCCC1. The van der Waals surface area contributed by atoms with E-state index in [2.05, 4.69) is 27.8 Å². The molecule has 2 heterocycles. The first kappa shape index (κ1) is 23.0. The summed E-state index contributed by atoms with van der Waals surface area (Å²) in [4.78, 5) is 45.3. The Balaban J connectivity index is 1.44. The Morgan fingerprint density at radius 1 is 1.18 bits per heavy atom. The van der Waals surface area contributed by atoms with Crippen molar-refractivity contribution in [2.45, 2.75) is 70.5 Å². The van der Waals surface area contributed by atoms with Crippen LogP contribution in [0, 0.1) is 0 Å². The molecule has 0 unspecified atom stereocenters. The van der Waals surface area contributed by atoms with Crippen LogP contribution >= 0.6 is 0 Å². The van der Waals surface area contributed by atoms with Crippen molar-refractivity contribution in [2.75, 3.05) is 13.1 Å². The van der Waals surface area contributed by atoms with Gasteiger partial charge in [-0.3, -0.25) is 14.4 Å². The molecule has 1 aromatic carbocycles. The zero-order valence-corrected chi connectivity index (χ0v) is 19.5. The Labute approximate surface area is 194 Å². The van der Waals surface area contributed by atoms with Gasteiger partial charge in [0.1, 0.15) is 11.2 Å². The van der Waals surface area contributed by atoms with Crippen LogP contribution in [0.2, 0.25) is 0 Å². The van der Waals surface area contributed by atoms with E-state index in [1.54, 1.807) is 16.4 Å². The number of fused-ring (bicyclic) bond motifs is 1. The minimum Gasteiger partial charge on any atom is -0.351 e. The molecule has 0 saturated heterocycles. The number of imidazole rings is 1. The molecule has 0 radical (unpaired) electrons. The lowest BCUT2D eigenvalue weighted by Gasteiger charge is -2.43. The van der Waals surface area contributed by atoms with Crippen LogP contribution in [-0.4, -0.2) is 56.8 Å². The monoisotopic (exact) mass is 451 g/mol. The van der Waals surface area contributed by atoms with Gasteiger partial charge in [-0.25, -0.2) is 4.98 Å².